The third-order valence-corrected chi connectivity index (χ3v) is 1.96. The summed E-state index contributed by atoms with van der Waals surface area (Å²) in [5.41, 5.74) is 0.996. The van der Waals surface area contributed by atoms with Crippen molar-refractivity contribution in [3.05, 3.63) is 40.9 Å². The molecule has 14 heavy (non-hydrogen) atoms. The molecule has 0 spiro atoms. The number of rotatable bonds is 5. The molecule has 1 aromatic rings. The van der Waals surface area contributed by atoms with Crippen molar-refractivity contribution in [1.29, 1.82) is 0 Å². The monoisotopic (exact) mass is 212 g/mol. The Bertz CT molecular complexity index is 297. The van der Waals surface area contributed by atoms with Gasteiger partial charge < -0.3 is 9.47 Å². The van der Waals surface area contributed by atoms with Gasteiger partial charge in [0.05, 0.1) is 6.61 Å². The number of hydrogen-bond donors (Lipinski definition) is 0. The second-order valence-electron chi connectivity index (χ2n) is 2.70. The van der Waals surface area contributed by atoms with Crippen LogP contribution in [0.15, 0.2) is 30.3 Å². The van der Waals surface area contributed by atoms with E-state index in [9.17, 15) is 0 Å². The van der Waals surface area contributed by atoms with E-state index in [1.165, 1.54) is 0 Å². The highest BCUT2D eigenvalue weighted by Gasteiger charge is 1.91. The average Bonchev–Trinajstić information content (AvgIpc) is 2.20. The minimum Gasteiger partial charge on any atom is -0.359 e. The van der Waals surface area contributed by atoms with E-state index in [4.69, 9.17) is 21.1 Å². The van der Waals surface area contributed by atoms with Gasteiger partial charge in [-0.3, -0.25) is 0 Å². The molecule has 0 amide bonds. The van der Waals surface area contributed by atoms with Crippen molar-refractivity contribution >= 4 is 17.7 Å². The Morgan fingerprint density at radius 3 is 2.86 bits per heavy atom. The van der Waals surface area contributed by atoms with Crippen molar-refractivity contribution in [2.24, 2.45) is 0 Å². The lowest BCUT2D eigenvalue weighted by Crippen LogP contribution is -1.95. The quantitative estimate of drug-likeness (QED) is 0.552. The first-order chi connectivity index (χ1) is 6.84. The van der Waals surface area contributed by atoms with Crippen molar-refractivity contribution in [3.63, 3.8) is 0 Å². The molecule has 0 aliphatic rings. The van der Waals surface area contributed by atoms with Gasteiger partial charge in [-0.2, -0.15) is 0 Å². The molecule has 0 aliphatic heterocycles. The Morgan fingerprint density at radius 2 is 2.14 bits per heavy atom. The van der Waals surface area contributed by atoms with Gasteiger partial charge in [-0.15, -0.1) is 0 Å². The second kappa shape index (κ2) is 6.60. The summed E-state index contributed by atoms with van der Waals surface area (Å²) >= 11 is 5.95. The van der Waals surface area contributed by atoms with E-state index in [0.717, 1.165) is 10.6 Å². The molecule has 0 fully saturated rings. The van der Waals surface area contributed by atoms with E-state index >= 15 is 0 Å². The number of ether oxygens (including phenoxy) is 2. The molecule has 0 aromatic heterocycles. The highest BCUT2D eigenvalue weighted by atomic mass is 35.5. The molecule has 0 N–H and O–H groups in total. The zero-order valence-electron chi connectivity index (χ0n) is 8.07. The van der Waals surface area contributed by atoms with Crippen LogP contribution in [0.25, 0.3) is 6.08 Å². The van der Waals surface area contributed by atoms with Gasteiger partial charge in [-0.05, 0) is 11.6 Å². The van der Waals surface area contributed by atoms with E-state index in [1.54, 1.807) is 7.11 Å². The van der Waals surface area contributed by atoms with Crippen molar-refractivity contribution in [3.8, 4) is 0 Å². The Balaban J connectivity index is 2.40. The number of hydrogen-bond acceptors (Lipinski definition) is 2. The van der Waals surface area contributed by atoms with Gasteiger partial charge in [0.15, 0.2) is 0 Å². The van der Waals surface area contributed by atoms with Gasteiger partial charge in [-0.25, -0.2) is 0 Å². The topological polar surface area (TPSA) is 18.5 Å². The zero-order valence-corrected chi connectivity index (χ0v) is 8.83. The highest BCUT2D eigenvalue weighted by molar-refractivity contribution is 6.32. The molecule has 1 aromatic carbocycles. The average molecular weight is 213 g/mol. The molecular formula is C11H13ClO2. The fraction of sp³-hybridized carbons (Fsp3) is 0.273. The van der Waals surface area contributed by atoms with Gasteiger partial charge in [0.2, 0.25) is 0 Å². The standard InChI is InChI=1S/C11H13ClO2/c1-13-9-14-8-4-6-10-5-2-3-7-11(10)12/h2-7H,8-9H2,1H3. The van der Waals surface area contributed by atoms with Gasteiger partial charge in [0.25, 0.3) is 0 Å². The molecule has 76 valence electrons. The van der Waals surface area contributed by atoms with Crippen LogP contribution in [0.2, 0.25) is 5.02 Å². The van der Waals surface area contributed by atoms with Crippen LogP contribution in [-0.2, 0) is 9.47 Å². The van der Waals surface area contributed by atoms with Gasteiger partial charge >= 0.3 is 0 Å². The van der Waals surface area contributed by atoms with Crippen molar-refractivity contribution in [2.45, 2.75) is 0 Å². The van der Waals surface area contributed by atoms with Crippen LogP contribution in [0.3, 0.4) is 0 Å². The first kappa shape index (κ1) is 11.2. The lowest BCUT2D eigenvalue weighted by atomic mass is 10.2. The van der Waals surface area contributed by atoms with E-state index < -0.39 is 0 Å². The molecule has 0 bridgehead atoms. The Morgan fingerprint density at radius 1 is 1.36 bits per heavy atom. The maximum atomic E-state index is 5.95. The zero-order chi connectivity index (χ0) is 10.2. The van der Waals surface area contributed by atoms with Crippen LogP contribution in [-0.4, -0.2) is 20.5 Å². The number of methoxy groups -OCH3 is 1. The third kappa shape index (κ3) is 3.92. The lowest BCUT2D eigenvalue weighted by Gasteiger charge is -1.98. The summed E-state index contributed by atoms with van der Waals surface area (Å²) in [7, 11) is 1.60. The van der Waals surface area contributed by atoms with Crippen molar-refractivity contribution in [2.75, 3.05) is 20.5 Å². The van der Waals surface area contributed by atoms with E-state index in [0.29, 0.717) is 13.4 Å². The SMILES string of the molecule is COCOCC=Cc1ccccc1Cl. The summed E-state index contributed by atoms with van der Waals surface area (Å²) in [5, 5.41) is 0.746. The smallest absolute Gasteiger partial charge is 0.146 e. The van der Waals surface area contributed by atoms with Crippen LogP contribution in [0.5, 0.6) is 0 Å². The summed E-state index contributed by atoms with van der Waals surface area (Å²) in [6.07, 6.45) is 3.83. The van der Waals surface area contributed by atoms with Crippen molar-refractivity contribution in [1.82, 2.24) is 0 Å². The summed E-state index contributed by atoms with van der Waals surface area (Å²) < 4.78 is 9.83. The van der Waals surface area contributed by atoms with E-state index in [2.05, 4.69) is 0 Å². The molecule has 0 atom stereocenters. The van der Waals surface area contributed by atoms with Gasteiger partial charge in [0, 0.05) is 12.1 Å². The highest BCUT2D eigenvalue weighted by Crippen LogP contribution is 2.15. The van der Waals surface area contributed by atoms with Crippen LogP contribution in [0, 0.1) is 0 Å². The normalized spacial score (nSPS) is 11.0. The fourth-order valence-corrected chi connectivity index (χ4v) is 1.18. The molecule has 0 heterocycles. The second-order valence-corrected chi connectivity index (χ2v) is 3.11. The molecule has 3 heteroatoms. The van der Waals surface area contributed by atoms with E-state index in [-0.39, 0.29) is 0 Å². The predicted octanol–water partition coefficient (Wildman–Crippen LogP) is 2.97. The van der Waals surface area contributed by atoms with Crippen molar-refractivity contribution < 1.29 is 9.47 Å². The summed E-state index contributed by atoms with van der Waals surface area (Å²) in [5.74, 6) is 0. The lowest BCUT2D eigenvalue weighted by molar-refractivity contribution is -0.0184. The molecule has 2 nitrogen and oxygen atoms in total. The largest absolute Gasteiger partial charge is 0.359 e. The molecule has 0 radical (unpaired) electrons. The fourth-order valence-electron chi connectivity index (χ4n) is 0.985. The van der Waals surface area contributed by atoms with Crippen LogP contribution in [0.4, 0.5) is 0 Å². The van der Waals surface area contributed by atoms with Crippen LogP contribution in [0.1, 0.15) is 5.56 Å². The minimum absolute atomic E-state index is 0.312. The molecule has 0 saturated heterocycles. The van der Waals surface area contributed by atoms with Gasteiger partial charge in [0.1, 0.15) is 6.79 Å². The number of benzene rings is 1. The third-order valence-electron chi connectivity index (χ3n) is 1.62. The van der Waals surface area contributed by atoms with Crippen LogP contribution < -0.4 is 0 Å². The molecule has 0 unspecified atom stereocenters. The minimum atomic E-state index is 0.312. The Kier molecular flexibility index (Phi) is 5.30. The maximum absolute atomic E-state index is 5.95. The molecule has 0 saturated carbocycles. The summed E-state index contributed by atoms with van der Waals surface area (Å²) in [6, 6.07) is 7.66. The number of halogens is 1. The van der Waals surface area contributed by atoms with E-state index in [1.807, 2.05) is 36.4 Å². The Hall–Kier alpha value is -0.830. The molecular weight excluding hydrogens is 200 g/mol. The van der Waals surface area contributed by atoms with Crippen LogP contribution >= 0.6 is 11.6 Å². The van der Waals surface area contributed by atoms with Gasteiger partial charge in [-0.1, -0.05) is 42.0 Å². The first-order valence-electron chi connectivity index (χ1n) is 4.32. The maximum Gasteiger partial charge on any atom is 0.146 e. The summed E-state index contributed by atoms with van der Waals surface area (Å²) in [4.78, 5) is 0. The molecule has 0 aliphatic carbocycles. The Labute approximate surface area is 89.1 Å². The molecule has 1 rings (SSSR count). The first-order valence-corrected chi connectivity index (χ1v) is 4.70. The predicted molar refractivity (Wildman–Crippen MR) is 58.3 cm³/mol. The summed E-state index contributed by atoms with van der Waals surface area (Å²) in [6.45, 7) is 0.839.